The van der Waals surface area contributed by atoms with Crippen molar-refractivity contribution in [3.05, 3.63) is 53.5 Å². The third-order valence-corrected chi connectivity index (χ3v) is 5.46. The lowest BCUT2D eigenvalue weighted by Gasteiger charge is -2.12. The third kappa shape index (κ3) is 3.28. The molecule has 150 valence electrons. The number of sulfonamides is 1. The Morgan fingerprint density at radius 3 is 2.48 bits per heavy atom. The van der Waals surface area contributed by atoms with Crippen LogP contribution in [-0.4, -0.2) is 35.0 Å². The summed E-state index contributed by atoms with van der Waals surface area (Å²) >= 11 is 0. The number of benzene rings is 1. The van der Waals surface area contributed by atoms with Crippen molar-refractivity contribution in [3.63, 3.8) is 0 Å². The summed E-state index contributed by atoms with van der Waals surface area (Å²) in [5.74, 6) is -1.16. The first kappa shape index (κ1) is 19.2. The summed E-state index contributed by atoms with van der Waals surface area (Å²) in [6.45, 7) is 1.48. The lowest BCUT2D eigenvalue weighted by molar-refractivity contribution is 0.399. The normalized spacial score (nSPS) is 12.0. The topological polar surface area (TPSA) is 113 Å². The van der Waals surface area contributed by atoms with Crippen LogP contribution in [0.15, 0.2) is 35.4 Å². The minimum absolute atomic E-state index is 0.212. The van der Waals surface area contributed by atoms with E-state index in [1.807, 2.05) is 0 Å². The van der Waals surface area contributed by atoms with Gasteiger partial charge in [-0.3, -0.25) is 0 Å². The molecule has 0 atom stereocenters. The van der Waals surface area contributed by atoms with Crippen LogP contribution in [0.4, 0.5) is 8.78 Å². The van der Waals surface area contributed by atoms with Gasteiger partial charge in [-0.1, -0.05) is 0 Å². The number of primary sulfonamides is 1. The molecule has 0 bridgehead atoms. The number of methoxy groups -OCH3 is 1. The number of fused-ring (bicyclic) bond motifs is 3. The van der Waals surface area contributed by atoms with Crippen LogP contribution >= 0.6 is 0 Å². The predicted octanol–water partition coefficient (Wildman–Crippen LogP) is 2.27. The van der Waals surface area contributed by atoms with E-state index in [0.717, 1.165) is 0 Å². The molecule has 2 N–H and O–H groups in total. The molecule has 8 nitrogen and oxygen atoms in total. The van der Waals surface area contributed by atoms with Gasteiger partial charge < -0.3 is 9.30 Å². The molecule has 0 fully saturated rings. The van der Waals surface area contributed by atoms with Crippen molar-refractivity contribution in [1.82, 2.24) is 19.5 Å². The molecular weight excluding hydrogens is 404 g/mol. The second kappa shape index (κ2) is 6.71. The van der Waals surface area contributed by atoms with E-state index in [1.165, 1.54) is 13.3 Å². The number of nitrogens with zero attached hydrogens (tertiary/aromatic N) is 4. The molecule has 29 heavy (non-hydrogen) atoms. The average Bonchev–Trinajstić information content (AvgIpc) is 2.98. The second-order valence-corrected chi connectivity index (χ2v) is 7.93. The number of ether oxygens (including phenoxy) is 1. The number of nitrogens with two attached hydrogens (primary N) is 1. The van der Waals surface area contributed by atoms with Crippen LogP contribution in [0.25, 0.3) is 22.1 Å². The van der Waals surface area contributed by atoms with E-state index >= 15 is 0 Å². The maximum absolute atomic E-state index is 14.5. The van der Waals surface area contributed by atoms with Crippen LogP contribution in [0, 0.1) is 18.6 Å². The van der Waals surface area contributed by atoms with Gasteiger partial charge in [0.15, 0.2) is 5.65 Å². The number of imidazole rings is 1. The van der Waals surface area contributed by atoms with Crippen LogP contribution < -0.4 is 9.88 Å². The van der Waals surface area contributed by atoms with Crippen molar-refractivity contribution in [2.75, 3.05) is 7.11 Å². The van der Waals surface area contributed by atoms with E-state index in [9.17, 15) is 17.2 Å². The summed E-state index contributed by atoms with van der Waals surface area (Å²) in [5, 5.41) is 5.60. The highest BCUT2D eigenvalue weighted by Crippen LogP contribution is 2.27. The van der Waals surface area contributed by atoms with Gasteiger partial charge in [-0.25, -0.2) is 32.3 Å². The van der Waals surface area contributed by atoms with E-state index < -0.39 is 26.6 Å². The summed E-state index contributed by atoms with van der Waals surface area (Å²) < 4.78 is 58.6. The van der Waals surface area contributed by atoms with Gasteiger partial charge in [0.25, 0.3) is 0 Å². The minimum atomic E-state index is -4.23. The molecule has 0 unspecified atom stereocenters. The molecule has 0 aliphatic rings. The van der Waals surface area contributed by atoms with E-state index in [2.05, 4.69) is 15.0 Å². The Balaban J connectivity index is 1.91. The maximum Gasteiger partial charge on any atom is 0.238 e. The number of hydrogen-bond acceptors (Lipinski definition) is 6. The predicted molar refractivity (Wildman–Crippen MR) is 101 cm³/mol. The zero-order valence-electron chi connectivity index (χ0n) is 15.3. The molecule has 4 rings (SSSR count). The van der Waals surface area contributed by atoms with Gasteiger partial charge in [0.1, 0.15) is 23.0 Å². The Morgan fingerprint density at radius 1 is 1.17 bits per heavy atom. The van der Waals surface area contributed by atoms with E-state index in [0.29, 0.717) is 45.9 Å². The van der Waals surface area contributed by atoms with Gasteiger partial charge in [-0.2, -0.15) is 4.98 Å². The highest BCUT2D eigenvalue weighted by atomic mass is 32.2. The van der Waals surface area contributed by atoms with Gasteiger partial charge in [-0.05, 0) is 25.1 Å². The Bertz CT molecular complexity index is 1360. The molecule has 0 spiro atoms. The second-order valence-electron chi connectivity index (χ2n) is 6.37. The molecule has 0 amide bonds. The largest absolute Gasteiger partial charge is 0.481 e. The molecule has 0 saturated heterocycles. The first-order chi connectivity index (χ1) is 13.7. The van der Waals surface area contributed by atoms with Gasteiger partial charge in [0, 0.05) is 17.0 Å². The smallest absolute Gasteiger partial charge is 0.238 e. The van der Waals surface area contributed by atoms with Gasteiger partial charge in [0.2, 0.25) is 15.9 Å². The molecule has 3 aromatic heterocycles. The molecule has 0 saturated carbocycles. The molecule has 1 aromatic carbocycles. The summed E-state index contributed by atoms with van der Waals surface area (Å²) in [6.07, 6.45) is 1.52. The van der Waals surface area contributed by atoms with Crippen LogP contribution in [0.2, 0.25) is 0 Å². The first-order valence-corrected chi connectivity index (χ1v) is 9.91. The number of aryl methyl sites for hydroxylation is 1. The summed E-state index contributed by atoms with van der Waals surface area (Å²) in [4.78, 5) is 12.3. The number of pyridine rings is 2. The summed E-state index contributed by atoms with van der Waals surface area (Å²) in [6, 6.07) is 4.80. The number of halogens is 2. The lowest BCUT2D eigenvalue weighted by atomic mass is 10.2. The SMILES string of the molecule is COc1ccc2c(ncc3nc(C)n(Cc4c(F)cc(S(N)(=O)=O)cc4F)c32)n1. The van der Waals surface area contributed by atoms with E-state index in [-0.39, 0.29) is 12.1 Å². The van der Waals surface area contributed by atoms with Crippen molar-refractivity contribution in [2.24, 2.45) is 5.14 Å². The molecular formula is C18H15F2N5O3S. The van der Waals surface area contributed by atoms with Gasteiger partial charge in [-0.15, -0.1) is 0 Å². The average molecular weight is 419 g/mol. The highest BCUT2D eigenvalue weighted by molar-refractivity contribution is 7.89. The van der Waals surface area contributed by atoms with Gasteiger partial charge in [0.05, 0.1) is 30.3 Å². The third-order valence-electron chi connectivity index (χ3n) is 4.57. The first-order valence-electron chi connectivity index (χ1n) is 8.36. The van der Waals surface area contributed by atoms with Crippen LogP contribution in [-0.2, 0) is 16.6 Å². The van der Waals surface area contributed by atoms with Crippen molar-refractivity contribution in [2.45, 2.75) is 18.4 Å². The Hall–Kier alpha value is -3.18. The monoisotopic (exact) mass is 419 g/mol. The summed E-state index contributed by atoms with van der Waals surface area (Å²) in [5.41, 5.74) is 1.20. The zero-order valence-corrected chi connectivity index (χ0v) is 16.2. The Morgan fingerprint density at radius 2 is 1.86 bits per heavy atom. The van der Waals surface area contributed by atoms with E-state index in [1.54, 1.807) is 23.6 Å². The Labute approximate surface area is 164 Å². The van der Waals surface area contributed by atoms with Gasteiger partial charge >= 0.3 is 0 Å². The van der Waals surface area contributed by atoms with Crippen LogP contribution in [0.3, 0.4) is 0 Å². The molecule has 4 aromatic rings. The minimum Gasteiger partial charge on any atom is -0.481 e. The standard InChI is InChI=1S/C18H15F2N5O3S/c1-9-23-15-7-22-18-11(3-4-16(24-18)28-2)17(15)25(9)8-12-13(19)5-10(6-14(12)20)29(21,26)27/h3-7H,8H2,1-2H3,(H2,21,26,27). The molecule has 3 heterocycles. The number of hydrogen-bond donors (Lipinski definition) is 1. The van der Waals surface area contributed by atoms with Crippen molar-refractivity contribution < 1.29 is 21.9 Å². The van der Waals surface area contributed by atoms with Crippen molar-refractivity contribution in [3.8, 4) is 5.88 Å². The quantitative estimate of drug-likeness (QED) is 0.543. The van der Waals surface area contributed by atoms with Crippen LogP contribution in [0.1, 0.15) is 11.4 Å². The van der Waals surface area contributed by atoms with Crippen molar-refractivity contribution >= 4 is 32.1 Å². The summed E-state index contributed by atoms with van der Waals surface area (Å²) in [7, 11) is -2.75. The lowest BCUT2D eigenvalue weighted by Crippen LogP contribution is -2.14. The fourth-order valence-corrected chi connectivity index (χ4v) is 3.69. The number of aromatic nitrogens is 4. The van der Waals surface area contributed by atoms with Crippen molar-refractivity contribution in [1.29, 1.82) is 0 Å². The van der Waals surface area contributed by atoms with E-state index in [4.69, 9.17) is 9.88 Å². The fraction of sp³-hybridized carbons (Fsp3) is 0.167. The zero-order chi connectivity index (χ0) is 20.9. The fourth-order valence-electron chi connectivity index (χ4n) is 3.16. The highest BCUT2D eigenvalue weighted by Gasteiger charge is 2.20. The molecule has 11 heteroatoms. The maximum atomic E-state index is 14.5. The Kier molecular flexibility index (Phi) is 4.43. The van der Waals surface area contributed by atoms with Crippen LogP contribution in [0.5, 0.6) is 5.88 Å². The number of rotatable bonds is 4. The molecule has 0 radical (unpaired) electrons. The molecule has 0 aliphatic carbocycles. The molecule has 0 aliphatic heterocycles.